The normalized spacial score (nSPS) is 12.3. The molecule has 0 saturated carbocycles. The summed E-state index contributed by atoms with van der Waals surface area (Å²) in [7, 11) is 0. The molecular formula is C24H12Cl3N5O5. The second-order valence-electron chi connectivity index (χ2n) is 7.79. The highest BCUT2D eigenvalue weighted by molar-refractivity contribution is 6.40. The number of nitro benzene ring substituents is 1. The number of benzene rings is 3. The Kier molecular flexibility index (Phi) is 6.16. The molecule has 2 N–H and O–H groups in total. The van der Waals surface area contributed by atoms with Gasteiger partial charge in [0.15, 0.2) is 0 Å². The number of aromatic amines is 1. The van der Waals surface area contributed by atoms with E-state index in [0.717, 1.165) is 10.7 Å². The number of rotatable bonds is 5. The molecule has 1 aliphatic rings. The van der Waals surface area contributed by atoms with Gasteiger partial charge in [-0.1, -0.05) is 59.1 Å². The van der Waals surface area contributed by atoms with Crippen LogP contribution in [0.1, 0.15) is 15.9 Å². The van der Waals surface area contributed by atoms with Gasteiger partial charge >= 0.3 is 0 Å². The van der Waals surface area contributed by atoms with Crippen LogP contribution in [0, 0.1) is 10.1 Å². The van der Waals surface area contributed by atoms with Gasteiger partial charge in [0.1, 0.15) is 11.5 Å². The van der Waals surface area contributed by atoms with Crippen LogP contribution in [-0.4, -0.2) is 26.5 Å². The molecule has 2 amide bonds. The summed E-state index contributed by atoms with van der Waals surface area (Å²) in [5.74, 6) is -1.63. The highest BCUT2D eigenvalue weighted by Crippen LogP contribution is 2.32. The molecule has 0 bridgehead atoms. The van der Waals surface area contributed by atoms with Crippen LogP contribution in [0.5, 0.6) is 0 Å². The third kappa shape index (κ3) is 4.31. The first-order chi connectivity index (χ1) is 17.7. The SMILES string of the molecule is O=C1N=c2ccccc2=C1c1c(NC(=O)c2cccc([N+](=O)[O-])c2)[nH]n(-c2c(Cl)cc(Cl)cc2Cl)c1=O. The van der Waals surface area contributed by atoms with Gasteiger partial charge in [-0.15, -0.1) is 0 Å². The Hall–Kier alpha value is -4.25. The van der Waals surface area contributed by atoms with E-state index in [0.29, 0.717) is 10.6 Å². The molecule has 0 radical (unpaired) electrons. The van der Waals surface area contributed by atoms with Gasteiger partial charge in [-0.25, -0.2) is 9.67 Å². The summed E-state index contributed by atoms with van der Waals surface area (Å²) in [6.07, 6.45) is 0. The number of carbonyl (C=O) groups is 2. The summed E-state index contributed by atoms with van der Waals surface area (Å²) >= 11 is 18.7. The molecule has 1 aromatic heterocycles. The average Bonchev–Trinajstić information content (AvgIpc) is 3.33. The zero-order valence-electron chi connectivity index (χ0n) is 18.3. The second kappa shape index (κ2) is 9.32. The summed E-state index contributed by atoms with van der Waals surface area (Å²) in [5.41, 5.74) is -1.32. The molecule has 13 heteroatoms. The van der Waals surface area contributed by atoms with Crippen molar-refractivity contribution in [3.05, 3.63) is 118 Å². The summed E-state index contributed by atoms with van der Waals surface area (Å²) in [5, 5.41) is 17.4. The van der Waals surface area contributed by atoms with E-state index in [4.69, 9.17) is 34.8 Å². The Bertz CT molecular complexity index is 1820. The van der Waals surface area contributed by atoms with E-state index >= 15 is 0 Å². The molecular weight excluding hydrogens is 545 g/mol. The van der Waals surface area contributed by atoms with Crippen LogP contribution in [0.15, 0.2) is 70.5 Å². The van der Waals surface area contributed by atoms with Crippen molar-refractivity contribution in [3.8, 4) is 5.69 Å². The minimum Gasteiger partial charge on any atom is -0.306 e. The standard InChI is InChI=1S/C24H12Cl3N5O5/c25-12-9-15(26)20(16(27)10-12)31-24(35)19(18-14-6-1-2-7-17(14)28-23(18)34)21(30-31)29-22(33)11-4-3-5-13(8-11)32(36)37/h1-10,30H,(H,29,33). The van der Waals surface area contributed by atoms with Gasteiger partial charge in [0.25, 0.3) is 23.1 Å². The van der Waals surface area contributed by atoms with Crippen molar-refractivity contribution in [3.63, 3.8) is 0 Å². The van der Waals surface area contributed by atoms with Crippen molar-refractivity contribution in [2.45, 2.75) is 0 Å². The largest absolute Gasteiger partial charge is 0.306 e. The van der Waals surface area contributed by atoms with Gasteiger partial charge in [-0.3, -0.25) is 29.6 Å². The maximum absolute atomic E-state index is 13.7. The summed E-state index contributed by atoms with van der Waals surface area (Å²) in [6.45, 7) is 0. The molecule has 0 atom stereocenters. The van der Waals surface area contributed by atoms with Gasteiger partial charge in [-0.05, 0) is 24.3 Å². The van der Waals surface area contributed by atoms with Crippen LogP contribution in [0.4, 0.5) is 11.5 Å². The lowest BCUT2D eigenvalue weighted by atomic mass is 10.1. The fourth-order valence-electron chi connectivity index (χ4n) is 3.92. The van der Waals surface area contributed by atoms with E-state index in [-0.39, 0.29) is 49.0 Å². The fourth-order valence-corrected chi connectivity index (χ4v) is 4.90. The highest BCUT2D eigenvalue weighted by atomic mass is 35.5. The number of hydrogen-bond donors (Lipinski definition) is 2. The zero-order chi connectivity index (χ0) is 26.4. The van der Waals surface area contributed by atoms with E-state index in [1.54, 1.807) is 24.3 Å². The highest BCUT2D eigenvalue weighted by Gasteiger charge is 2.29. The Morgan fingerprint density at radius 1 is 1.00 bits per heavy atom. The number of anilines is 1. The van der Waals surface area contributed by atoms with Gasteiger partial charge in [0, 0.05) is 27.9 Å². The molecule has 0 unspecified atom stereocenters. The lowest BCUT2D eigenvalue weighted by Crippen LogP contribution is -2.26. The summed E-state index contributed by atoms with van der Waals surface area (Å²) < 4.78 is 0.973. The zero-order valence-corrected chi connectivity index (χ0v) is 20.6. The number of carbonyl (C=O) groups excluding carboxylic acids is 2. The molecule has 1 aliphatic heterocycles. The first-order valence-electron chi connectivity index (χ1n) is 10.4. The number of nitro groups is 1. The minimum atomic E-state index is -0.775. The molecule has 4 aromatic rings. The number of nitrogens with one attached hydrogen (secondary N) is 2. The van der Waals surface area contributed by atoms with Crippen LogP contribution >= 0.6 is 34.8 Å². The topological polar surface area (TPSA) is 139 Å². The molecule has 0 fully saturated rings. The molecule has 0 spiro atoms. The Labute approximate surface area is 221 Å². The molecule has 37 heavy (non-hydrogen) atoms. The Morgan fingerprint density at radius 3 is 2.41 bits per heavy atom. The number of fused-ring (bicyclic) bond motifs is 1. The van der Waals surface area contributed by atoms with E-state index in [1.165, 1.54) is 30.3 Å². The van der Waals surface area contributed by atoms with E-state index in [1.807, 2.05) is 0 Å². The molecule has 2 heterocycles. The number of H-pyrrole nitrogens is 1. The maximum atomic E-state index is 13.7. The summed E-state index contributed by atoms with van der Waals surface area (Å²) in [6, 6.07) is 14.4. The predicted octanol–water partition coefficient (Wildman–Crippen LogP) is 3.65. The van der Waals surface area contributed by atoms with E-state index in [9.17, 15) is 24.5 Å². The fraction of sp³-hybridized carbons (Fsp3) is 0. The van der Waals surface area contributed by atoms with Crippen LogP contribution in [0.3, 0.4) is 0 Å². The van der Waals surface area contributed by atoms with E-state index in [2.05, 4.69) is 15.4 Å². The first-order valence-corrected chi connectivity index (χ1v) is 11.6. The number of para-hydroxylation sites is 1. The summed E-state index contributed by atoms with van der Waals surface area (Å²) in [4.78, 5) is 54.2. The second-order valence-corrected chi connectivity index (χ2v) is 9.04. The Balaban J connectivity index is 1.74. The van der Waals surface area contributed by atoms with Gasteiger partial charge in [-0.2, -0.15) is 0 Å². The third-order valence-electron chi connectivity index (χ3n) is 5.51. The minimum absolute atomic E-state index is 0.0248. The molecule has 5 rings (SSSR count). The number of hydrogen-bond acceptors (Lipinski definition) is 5. The van der Waals surface area contributed by atoms with Gasteiger partial charge in [0.2, 0.25) is 0 Å². The molecule has 0 aliphatic carbocycles. The third-order valence-corrected chi connectivity index (χ3v) is 6.31. The number of amides is 2. The van der Waals surface area contributed by atoms with Crippen molar-refractivity contribution >= 4 is 63.7 Å². The quantitative estimate of drug-likeness (QED) is 0.285. The number of non-ortho nitro benzene ring substituents is 1. The van der Waals surface area contributed by atoms with E-state index < -0.39 is 22.3 Å². The van der Waals surface area contributed by atoms with Crippen molar-refractivity contribution in [2.24, 2.45) is 4.99 Å². The smallest absolute Gasteiger partial charge is 0.281 e. The van der Waals surface area contributed by atoms with Gasteiger partial charge in [0.05, 0.1) is 31.5 Å². The molecule has 184 valence electrons. The van der Waals surface area contributed by atoms with Crippen molar-refractivity contribution in [1.29, 1.82) is 0 Å². The number of nitrogens with zero attached hydrogens (tertiary/aromatic N) is 3. The van der Waals surface area contributed by atoms with Crippen molar-refractivity contribution in [2.75, 3.05) is 5.32 Å². The Morgan fingerprint density at radius 2 is 1.70 bits per heavy atom. The van der Waals surface area contributed by atoms with Crippen LogP contribution in [0.25, 0.3) is 11.3 Å². The van der Waals surface area contributed by atoms with Gasteiger partial charge < -0.3 is 5.32 Å². The van der Waals surface area contributed by atoms with Crippen molar-refractivity contribution in [1.82, 2.24) is 9.78 Å². The lowest BCUT2D eigenvalue weighted by Gasteiger charge is -2.08. The van der Waals surface area contributed by atoms with Crippen LogP contribution in [-0.2, 0) is 4.79 Å². The number of aromatic nitrogens is 2. The maximum Gasteiger partial charge on any atom is 0.281 e. The molecule has 0 saturated heterocycles. The van der Waals surface area contributed by atoms with Crippen LogP contribution in [0.2, 0.25) is 15.1 Å². The monoisotopic (exact) mass is 555 g/mol. The number of halogens is 3. The van der Waals surface area contributed by atoms with Crippen LogP contribution < -0.4 is 21.5 Å². The lowest BCUT2D eigenvalue weighted by molar-refractivity contribution is -0.384. The first kappa shape index (κ1) is 24.4. The molecule has 3 aromatic carbocycles. The van der Waals surface area contributed by atoms with Crippen molar-refractivity contribution < 1.29 is 14.5 Å². The predicted molar refractivity (Wildman–Crippen MR) is 137 cm³/mol. The molecule has 10 nitrogen and oxygen atoms in total. The average molecular weight is 557 g/mol.